The van der Waals surface area contributed by atoms with Gasteiger partial charge in [0.05, 0.1) is 33.6 Å². The fourth-order valence-corrected chi connectivity index (χ4v) is 12.5. The van der Waals surface area contributed by atoms with Crippen LogP contribution in [0.15, 0.2) is 118 Å². The molecule has 532 valence electrons. The van der Waals surface area contributed by atoms with Crippen molar-refractivity contribution in [2.24, 2.45) is 0 Å². The first-order chi connectivity index (χ1) is 46.5. The molecule has 0 radical (unpaired) electrons. The van der Waals surface area contributed by atoms with Crippen LogP contribution < -0.4 is 5.46 Å². The van der Waals surface area contributed by atoms with Gasteiger partial charge in [0.25, 0.3) is 11.8 Å². The Bertz CT molecular complexity index is 3870. The summed E-state index contributed by atoms with van der Waals surface area (Å²) in [6, 6.07) is 35.0. The van der Waals surface area contributed by atoms with Gasteiger partial charge >= 0.3 is 39.2 Å². The summed E-state index contributed by atoms with van der Waals surface area (Å²) in [6.45, 7) is 35.6. The Morgan fingerprint density at radius 3 is 1.02 bits per heavy atom. The van der Waals surface area contributed by atoms with Crippen LogP contribution in [0.25, 0.3) is 11.1 Å². The molecule has 100 heavy (non-hydrogen) atoms. The number of carbonyl (C=O) groups excluding carboxylic acids is 8. The van der Waals surface area contributed by atoms with Gasteiger partial charge in [0.1, 0.15) is 19.6 Å². The Morgan fingerprint density at radius 2 is 0.680 bits per heavy atom. The number of benzene rings is 5. The monoisotopic (exact) mass is 1500 g/mol. The van der Waals surface area contributed by atoms with Crippen LogP contribution in [0.5, 0.6) is 0 Å². The maximum atomic E-state index is 12.4. The van der Waals surface area contributed by atoms with Gasteiger partial charge in [-0.15, -0.1) is 0 Å². The van der Waals surface area contributed by atoms with E-state index < -0.39 is 21.1 Å². The van der Waals surface area contributed by atoms with Gasteiger partial charge in [-0.2, -0.15) is 0 Å². The third-order valence-electron chi connectivity index (χ3n) is 20.4. The van der Waals surface area contributed by atoms with Crippen molar-refractivity contribution < 1.29 is 66.3 Å². The van der Waals surface area contributed by atoms with E-state index in [1.54, 1.807) is 4.90 Å². The topological polar surface area (TPSA) is 218 Å². The van der Waals surface area contributed by atoms with Crippen molar-refractivity contribution in [2.45, 2.75) is 189 Å². The van der Waals surface area contributed by atoms with Crippen molar-refractivity contribution in [2.75, 3.05) is 40.8 Å². The number of rotatable bonds is 11. The van der Waals surface area contributed by atoms with E-state index in [-0.39, 0.29) is 113 Å². The molecule has 0 N–H and O–H groups in total. The lowest BCUT2D eigenvalue weighted by molar-refractivity contribution is -0.125. The summed E-state index contributed by atoms with van der Waals surface area (Å²) in [6.07, 6.45) is 0. The molecule has 0 bridgehead atoms. The van der Waals surface area contributed by atoms with E-state index in [1.165, 1.54) is 30.9 Å². The van der Waals surface area contributed by atoms with Crippen molar-refractivity contribution in [3.05, 3.63) is 157 Å². The Labute approximate surface area is 606 Å². The predicted molar refractivity (Wildman–Crippen MR) is 390 cm³/mol. The van der Waals surface area contributed by atoms with Gasteiger partial charge in [-0.05, 0) is 198 Å². The first-order valence-corrected chi connectivity index (χ1v) is 35.3. The van der Waals surface area contributed by atoms with E-state index >= 15 is 0 Å². The number of imide groups is 3. The lowest BCUT2D eigenvalue weighted by atomic mass is 9.49. The SMILES string of the molecule is CC(C)N1Cc2cc(-c3ccc(CN4CC(=O)N(C)C4=O)cc3)ccc2C1=O.CC(C)N1Cc2cc(Br)ccc2C1=O.CC1(C)OB(B2OC(C)(C)C(C)(C)O2)OC1(C)C.CN1C(=O)CN(Cc2ccc(B3OC(C)(C)C(C)(C)O3)cc2)C1=O.CN1C(=O)CN(Cc2ccc(Br)cc2)C1=O. The van der Waals surface area contributed by atoms with Crippen molar-refractivity contribution in [3.8, 4) is 11.1 Å². The maximum Gasteiger partial charge on any atom is 0.494 e. The molecular formula is C73H93B3Br2N8O14. The molecule has 8 aliphatic heterocycles. The Balaban J connectivity index is 0.000000149. The average molecular weight is 1500 g/mol. The van der Waals surface area contributed by atoms with Crippen LogP contribution in [0.2, 0.25) is 0 Å². The number of nitrogens with zero attached hydrogens (tertiary/aromatic N) is 8. The van der Waals surface area contributed by atoms with Crippen LogP contribution >= 0.6 is 31.9 Å². The highest BCUT2D eigenvalue weighted by atomic mass is 79.9. The molecule has 5 aromatic rings. The number of hydrogen-bond donors (Lipinski definition) is 0. The van der Waals surface area contributed by atoms with Crippen molar-refractivity contribution in [3.63, 3.8) is 0 Å². The second-order valence-corrected chi connectivity index (χ2v) is 31.7. The van der Waals surface area contributed by atoms with Gasteiger partial charge in [0.2, 0.25) is 17.7 Å². The minimum atomic E-state index is -0.476. The molecule has 27 heteroatoms. The normalized spacial score (nSPS) is 20.5. The van der Waals surface area contributed by atoms with Crippen LogP contribution in [0, 0.1) is 0 Å². The highest BCUT2D eigenvalue weighted by Crippen LogP contribution is 2.43. The zero-order valence-corrected chi connectivity index (χ0v) is 64.2. The molecule has 5 aromatic carbocycles. The van der Waals surface area contributed by atoms with E-state index in [9.17, 15) is 38.4 Å². The van der Waals surface area contributed by atoms with Crippen molar-refractivity contribution >= 4 is 106 Å². The lowest BCUT2D eigenvalue weighted by Gasteiger charge is -2.32. The summed E-state index contributed by atoms with van der Waals surface area (Å²) in [7, 11) is 3.17. The number of halogens is 2. The van der Waals surface area contributed by atoms with Gasteiger partial charge in [0, 0.05) is 86.0 Å². The second-order valence-electron chi connectivity index (χ2n) is 29.9. The molecular weight excluding hydrogens is 1410 g/mol. The number of hydrogen-bond acceptors (Lipinski definition) is 14. The third kappa shape index (κ3) is 16.6. The average Bonchev–Trinajstić information content (AvgIpc) is 1.60. The molecule has 0 aromatic heterocycles. The van der Waals surface area contributed by atoms with Crippen LogP contribution in [-0.2, 0) is 75.0 Å². The first kappa shape index (κ1) is 76.9. The summed E-state index contributed by atoms with van der Waals surface area (Å²) < 4.78 is 37.9. The van der Waals surface area contributed by atoms with Crippen LogP contribution in [0.3, 0.4) is 0 Å². The minimum absolute atomic E-state index is 0.0988. The first-order valence-electron chi connectivity index (χ1n) is 33.7. The van der Waals surface area contributed by atoms with Crippen LogP contribution in [-0.4, -0.2) is 194 Å². The molecule has 22 nitrogen and oxygen atoms in total. The number of carbonyl (C=O) groups is 8. The molecule has 8 heterocycles. The highest BCUT2D eigenvalue weighted by Gasteiger charge is 2.64. The third-order valence-corrected chi connectivity index (χ3v) is 21.5. The van der Waals surface area contributed by atoms with E-state index in [0.29, 0.717) is 26.2 Å². The standard InChI is InChI=1S/C22H23N3O3.C17H23BN2O4.C12H24B2O4.C11H11BrN2O2.C11H12BrNO/c1-14(2)25-12-18-10-17(8-9-19(18)21(25)27)16-6-4-15(5-7-16)11-24-13-20(26)23(3)22(24)28;1-16(2)17(3,4)24-18(23-16)13-8-6-12(7-9-13)10-20-11-14(21)19(5)15(20)22;1-9(2)10(3,4)16-13(15-9)14-17-11(5,6)12(7,8)18-14;1-13-10(15)7-14(11(13)16)6-8-2-4-9(12)5-3-8;1-7(2)13-6-8-5-9(12)3-4-10(8)11(13)14/h4-10,14H,11-13H2,1-3H3;6-9H,10-11H2,1-5H3;1-8H3;2-5H,6-7H2,1H3;3-5,7H,6H2,1-2H3. The summed E-state index contributed by atoms with van der Waals surface area (Å²) in [5.74, 6) is -0.245. The minimum Gasteiger partial charge on any atom is -0.405 e. The van der Waals surface area contributed by atoms with Crippen LogP contribution in [0.4, 0.5) is 14.4 Å². The lowest BCUT2D eigenvalue weighted by Crippen LogP contribution is -2.41. The molecule has 0 aliphatic carbocycles. The van der Waals surface area contributed by atoms with Gasteiger partial charge in [0.15, 0.2) is 0 Å². The smallest absolute Gasteiger partial charge is 0.405 e. The number of urea groups is 3. The fraction of sp³-hybridized carbons (Fsp3) is 0.479. The molecule has 0 spiro atoms. The summed E-state index contributed by atoms with van der Waals surface area (Å²) >= 11 is 6.76. The largest absolute Gasteiger partial charge is 0.494 e. The molecule has 13 rings (SSSR count). The number of fused-ring (bicyclic) bond motifs is 2. The van der Waals surface area contributed by atoms with Crippen molar-refractivity contribution in [1.29, 1.82) is 0 Å². The van der Waals surface area contributed by atoms with Gasteiger partial charge in [-0.1, -0.05) is 98.6 Å². The van der Waals surface area contributed by atoms with Gasteiger partial charge in [-0.25, -0.2) is 14.4 Å². The zero-order valence-electron chi connectivity index (χ0n) is 61.0. The zero-order chi connectivity index (χ0) is 73.7. The molecule has 6 saturated heterocycles. The molecule has 0 saturated carbocycles. The molecule has 6 fully saturated rings. The second kappa shape index (κ2) is 29.6. The molecule has 0 unspecified atom stereocenters. The van der Waals surface area contributed by atoms with Crippen molar-refractivity contribution in [1.82, 2.24) is 39.2 Å². The summed E-state index contributed by atoms with van der Waals surface area (Å²) in [5, 5.41) is 0. The van der Waals surface area contributed by atoms with Gasteiger partial charge in [-0.3, -0.25) is 38.7 Å². The Hall–Kier alpha value is -7.23. The molecule has 0 atom stereocenters. The fourth-order valence-electron chi connectivity index (χ4n) is 11.8. The van der Waals surface area contributed by atoms with E-state index in [2.05, 4.69) is 37.9 Å². The highest BCUT2D eigenvalue weighted by molar-refractivity contribution is 9.10. The van der Waals surface area contributed by atoms with E-state index in [4.69, 9.17) is 27.9 Å². The predicted octanol–water partition coefficient (Wildman–Crippen LogP) is 11.4. The quantitative estimate of drug-likeness (QED) is 0.0888. The molecule has 8 aliphatic rings. The Morgan fingerprint density at radius 1 is 0.380 bits per heavy atom. The van der Waals surface area contributed by atoms with Gasteiger partial charge < -0.3 is 52.4 Å². The summed E-state index contributed by atoms with van der Waals surface area (Å²) in [5.41, 5.74) is 7.66. The van der Waals surface area contributed by atoms with Crippen LogP contribution in [0.1, 0.15) is 159 Å². The van der Waals surface area contributed by atoms with E-state index in [0.717, 1.165) is 85.7 Å². The summed E-state index contributed by atoms with van der Waals surface area (Å²) in [4.78, 5) is 106. The molecule has 11 amide bonds. The maximum absolute atomic E-state index is 12.4. The van der Waals surface area contributed by atoms with E-state index in [1.807, 2.05) is 224 Å². The Kier molecular flexibility index (Phi) is 22.8. The number of amides is 11. The number of likely N-dealkylation sites (N-methyl/N-ethyl adjacent to an activating group) is 3.